The van der Waals surface area contributed by atoms with Gasteiger partial charge >= 0.3 is 0 Å². The zero-order chi connectivity index (χ0) is 18.4. The second kappa shape index (κ2) is 8.44. The van der Waals surface area contributed by atoms with Crippen LogP contribution in [0.2, 0.25) is 5.02 Å². The molecular formula is C18H18ClN5O2. The summed E-state index contributed by atoms with van der Waals surface area (Å²) in [5.41, 5.74) is 1.19. The number of carbonyl (C=O) groups is 1. The number of rotatable bonds is 7. The summed E-state index contributed by atoms with van der Waals surface area (Å²) < 4.78 is 5.65. The van der Waals surface area contributed by atoms with Crippen LogP contribution in [0.5, 0.6) is 5.75 Å². The lowest BCUT2D eigenvalue weighted by Gasteiger charge is -2.18. The molecule has 134 valence electrons. The van der Waals surface area contributed by atoms with Crippen LogP contribution < -0.4 is 4.74 Å². The van der Waals surface area contributed by atoms with Gasteiger partial charge in [0.1, 0.15) is 5.75 Å². The summed E-state index contributed by atoms with van der Waals surface area (Å²) in [5, 5.41) is 14.5. The number of halogens is 1. The fourth-order valence-electron chi connectivity index (χ4n) is 2.47. The summed E-state index contributed by atoms with van der Waals surface area (Å²) in [6.07, 6.45) is 0.704. The molecule has 1 N–H and O–H groups in total. The first-order chi connectivity index (χ1) is 12.6. The van der Waals surface area contributed by atoms with Crippen molar-refractivity contribution in [1.82, 2.24) is 25.5 Å². The fraction of sp³-hybridized carbons (Fsp3) is 0.222. The van der Waals surface area contributed by atoms with Crippen LogP contribution in [-0.2, 0) is 0 Å². The largest absolute Gasteiger partial charge is 0.494 e. The smallest absolute Gasteiger partial charge is 0.254 e. The topological polar surface area (TPSA) is 84.0 Å². The van der Waals surface area contributed by atoms with Crippen LogP contribution in [0, 0.1) is 0 Å². The summed E-state index contributed by atoms with van der Waals surface area (Å²) in [6, 6.07) is 14.4. The predicted molar refractivity (Wildman–Crippen MR) is 98.1 cm³/mol. The molecule has 1 heterocycles. The number of amides is 1. The number of tetrazole rings is 1. The van der Waals surface area contributed by atoms with Gasteiger partial charge in [-0.15, -0.1) is 10.2 Å². The third-order valence-corrected chi connectivity index (χ3v) is 4.06. The van der Waals surface area contributed by atoms with Crippen molar-refractivity contribution in [3.8, 4) is 17.1 Å². The normalized spacial score (nSPS) is 10.5. The maximum atomic E-state index is 12.7. The number of hydrogen-bond donors (Lipinski definition) is 1. The molecule has 0 unspecified atom stereocenters. The Bertz CT molecular complexity index is 852. The SMILES string of the molecule is CN(CCCOc1ccc(Cl)cc1)C(=O)c1ccccc1-c1nn[nH]n1. The first-order valence-corrected chi connectivity index (χ1v) is 8.49. The van der Waals surface area contributed by atoms with E-state index in [1.165, 1.54) is 0 Å². The number of nitrogens with zero attached hydrogens (tertiary/aromatic N) is 4. The van der Waals surface area contributed by atoms with Crippen LogP contribution in [-0.4, -0.2) is 51.6 Å². The molecule has 7 nitrogen and oxygen atoms in total. The average Bonchev–Trinajstić information content (AvgIpc) is 3.20. The van der Waals surface area contributed by atoms with E-state index in [4.69, 9.17) is 16.3 Å². The molecule has 3 aromatic rings. The lowest BCUT2D eigenvalue weighted by Crippen LogP contribution is -2.29. The van der Waals surface area contributed by atoms with Gasteiger partial charge in [-0.1, -0.05) is 29.8 Å². The van der Waals surface area contributed by atoms with Gasteiger partial charge in [0.15, 0.2) is 0 Å². The minimum Gasteiger partial charge on any atom is -0.494 e. The summed E-state index contributed by atoms with van der Waals surface area (Å²) in [7, 11) is 1.76. The molecule has 26 heavy (non-hydrogen) atoms. The molecule has 0 spiro atoms. The van der Waals surface area contributed by atoms with Gasteiger partial charge < -0.3 is 9.64 Å². The Morgan fingerprint density at radius 2 is 1.96 bits per heavy atom. The van der Waals surface area contributed by atoms with E-state index in [2.05, 4.69) is 20.6 Å². The molecule has 0 saturated carbocycles. The molecule has 0 aliphatic heterocycles. The van der Waals surface area contributed by atoms with Crippen molar-refractivity contribution in [2.24, 2.45) is 0 Å². The highest BCUT2D eigenvalue weighted by Crippen LogP contribution is 2.20. The molecule has 8 heteroatoms. The first-order valence-electron chi connectivity index (χ1n) is 8.12. The third-order valence-electron chi connectivity index (χ3n) is 3.81. The molecule has 1 amide bonds. The molecule has 3 rings (SSSR count). The van der Waals surface area contributed by atoms with Crippen LogP contribution >= 0.6 is 11.6 Å². The highest BCUT2D eigenvalue weighted by Gasteiger charge is 2.18. The Balaban J connectivity index is 1.56. The Morgan fingerprint density at radius 3 is 2.69 bits per heavy atom. The van der Waals surface area contributed by atoms with E-state index in [0.29, 0.717) is 41.5 Å². The van der Waals surface area contributed by atoms with Crippen molar-refractivity contribution in [1.29, 1.82) is 0 Å². The summed E-state index contributed by atoms with van der Waals surface area (Å²) in [4.78, 5) is 14.4. The minimum atomic E-state index is -0.100. The van der Waals surface area contributed by atoms with Crippen molar-refractivity contribution >= 4 is 17.5 Å². The molecular weight excluding hydrogens is 354 g/mol. The second-order valence-corrected chi connectivity index (χ2v) is 6.10. The zero-order valence-electron chi connectivity index (χ0n) is 14.2. The van der Waals surface area contributed by atoms with Gasteiger partial charge in [0.25, 0.3) is 5.91 Å². The van der Waals surface area contributed by atoms with E-state index in [-0.39, 0.29) is 5.91 Å². The quantitative estimate of drug-likeness (QED) is 0.645. The van der Waals surface area contributed by atoms with E-state index >= 15 is 0 Å². The molecule has 2 aromatic carbocycles. The lowest BCUT2D eigenvalue weighted by atomic mass is 10.1. The number of aromatic amines is 1. The van der Waals surface area contributed by atoms with Crippen molar-refractivity contribution in [3.63, 3.8) is 0 Å². The van der Waals surface area contributed by atoms with Gasteiger partial charge in [0, 0.05) is 24.2 Å². The van der Waals surface area contributed by atoms with Gasteiger partial charge in [0.05, 0.1) is 12.2 Å². The van der Waals surface area contributed by atoms with Crippen LogP contribution in [0.25, 0.3) is 11.4 Å². The number of ether oxygens (including phenoxy) is 1. The van der Waals surface area contributed by atoms with Crippen molar-refractivity contribution in [2.45, 2.75) is 6.42 Å². The Kier molecular flexibility index (Phi) is 5.80. The predicted octanol–water partition coefficient (Wildman–Crippen LogP) is 3.06. The van der Waals surface area contributed by atoms with Crippen LogP contribution in [0.4, 0.5) is 0 Å². The first kappa shape index (κ1) is 17.9. The number of aromatic nitrogens is 4. The highest BCUT2D eigenvalue weighted by molar-refractivity contribution is 6.30. The van der Waals surface area contributed by atoms with Gasteiger partial charge in [-0.3, -0.25) is 4.79 Å². The Hall–Kier alpha value is -2.93. The molecule has 0 bridgehead atoms. The Labute approximate surface area is 155 Å². The monoisotopic (exact) mass is 371 g/mol. The summed E-state index contributed by atoms with van der Waals surface area (Å²) >= 11 is 5.84. The number of nitrogens with one attached hydrogen (secondary N) is 1. The molecule has 0 radical (unpaired) electrons. The van der Waals surface area contributed by atoms with E-state index < -0.39 is 0 Å². The van der Waals surface area contributed by atoms with Crippen molar-refractivity contribution < 1.29 is 9.53 Å². The lowest BCUT2D eigenvalue weighted by molar-refractivity contribution is 0.0788. The van der Waals surface area contributed by atoms with E-state index in [1.807, 2.05) is 24.3 Å². The molecule has 1 aromatic heterocycles. The van der Waals surface area contributed by atoms with Gasteiger partial charge in [0.2, 0.25) is 5.82 Å². The van der Waals surface area contributed by atoms with E-state index in [0.717, 1.165) is 5.75 Å². The third kappa shape index (κ3) is 4.37. The van der Waals surface area contributed by atoms with Crippen molar-refractivity contribution in [3.05, 3.63) is 59.1 Å². The maximum absolute atomic E-state index is 12.7. The Morgan fingerprint density at radius 1 is 1.19 bits per heavy atom. The molecule has 0 saturated heterocycles. The summed E-state index contributed by atoms with van der Waals surface area (Å²) in [5.74, 6) is 1.05. The van der Waals surface area contributed by atoms with Crippen LogP contribution in [0.3, 0.4) is 0 Å². The van der Waals surface area contributed by atoms with E-state index in [1.54, 1.807) is 36.2 Å². The fourth-order valence-corrected chi connectivity index (χ4v) is 2.60. The highest BCUT2D eigenvalue weighted by atomic mass is 35.5. The maximum Gasteiger partial charge on any atom is 0.254 e. The molecule has 0 aliphatic rings. The van der Waals surface area contributed by atoms with Crippen LogP contribution in [0.15, 0.2) is 48.5 Å². The standard InChI is InChI=1S/C18H18ClN5O2/c1-24(11-4-12-26-14-9-7-13(19)8-10-14)18(25)16-6-3-2-5-15(16)17-20-22-23-21-17/h2-3,5-10H,4,11-12H2,1H3,(H,20,21,22,23). The molecule has 0 aliphatic carbocycles. The molecule has 0 fully saturated rings. The van der Waals surface area contributed by atoms with Gasteiger partial charge in [-0.25, -0.2) is 0 Å². The second-order valence-electron chi connectivity index (χ2n) is 5.66. The van der Waals surface area contributed by atoms with Gasteiger partial charge in [-0.2, -0.15) is 5.21 Å². The molecule has 0 atom stereocenters. The summed E-state index contributed by atoms with van der Waals surface area (Å²) in [6.45, 7) is 1.07. The zero-order valence-corrected chi connectivity index (χ0v) is 15.0. The number of hydrogen-bond acceptors (Lipinski definition) is 5. The van der Waals surface area contributed by atoms with Crippen molar-refractivity contribution in [2.75, 3.05) is 20.2 Å². The number of H-pyrrole nitrogens is 1. The number of benzene rings is 2. The van der Waals surface area contributed by atoms with Crippen LogP contribution in [0.1, 0.15) is 16.8 Å². The van der Waals surface area contributed by atoms with E-state index in [9.17, 15) is 4.79 Å². The average molecular weight is 372 g/mol. The van der Waals surface area contributed by atoms with Gasteiger partial charge in [-0.05, 0) is 42.0 Å². The minimum absolute atomic E-state index is 0.100. The number of carbonyl (C=O) groups excluding carboxylic acids is 1.